The molecule has 1 aromatic carbocycles. The summed E-state index contributed by atoms with van der Waals surface area (Å²) in [6.45, 7) is 10.4. The first-order valence-electron chi connectivity index (χ1n) is 12.3. The van der Waals surface area contributed by atoms with E-state index in [0.717, 1.165) is 5.56 Å². The Balaban J connectivity index is 1.65. The molecule has 9 nitrogen and oxygen atoms in total. The molecule has 39 heavy (non-hydrogen) atoms. The molecule has 3 heterocycles. The van der Waals surface area contributed by atoms with E-state index < -0.39 is 23.1 Å². The van der Waals surface area contributed by atoms with Crippen molar-refractivity contribution in [1.82, 2.24) is 19.9 Å². The number of amides is 1. The van der Waals surface area contributed by atoms with Gasteiger partial charge >= 0.3 is 6.09 Å². The van der Waals surface area contributed by atoms with Crippen LogP contribution in [-0.2, 0) is 10.3 Å². The summed E-state index contributed by atoms with van der Waals surface area (Å²) in [6, 6.07) is 8.29. The fraction of sp³-hybridized carbons (Fsp3) is 0.321. The average Bonchev–Trinajstić information content (AvgIpc) is 2.84. The number of rotatable bonds is 6. The Labute approximate surface area is 230 Å². The number of fused-ring (bicyclic) bond motifs is 1. The zero-order valence-corrected chi connectivity index (χ0v) is 23.3. The predicted molar refractivity (Wildman–Crippen MR) is 149 cm³/mol. The summed E-state index contributed by atoms with van der Waals surface area (Å²) in [6.07, 6.45) is 3.70. The number of aliphatic hydroxyl groups is 1. The van der Waals surface area contributed by atoms with Gasteiger partial charge < -0.3 is 15.2 Å². The second kappa shape index (κ2) is 10.7. The summed E-state index contributed by atoms with van der Waals surface area (Å²) in [7, 11) is 0. The molecule has 1 amide bonds. The maximum absolute atomic E-state index is 15.0. The summed E-state index contributed by atoms with van der Waals surface area (Å²) < 4.78 is 20.4. The van der Waals surface area contributed by atoms with Gasteiger partial charge in [-0.3, -0.25) is 10.3 Å². The molecule has 1 unspecified atom stereocenters. The van der Waals surface area contributed by atoms with Crippen LogP contribution in [0.4, 0.5) is 20.6 Å². The number of nitrogens with one attached hydrogen (secondary N) is 2. The van der Waals surface area contributed by atoms with Gasteiger partial charge in [0.1, 0.15) is 22.4 Å². The monoisotopic (exact) mass is 552 g/mol. The lowest BCUT2D eigenvalue weighted by Crippen LogP contribution is -2.27. The molecule has 11 heteroatoms. The van der Waals surface area contributed by atoms with E-state index in [1.165, 1.54) is 24.7 Å². The van der Waals surface area contributed by atoms with Gasteiger partial charge in [-0.05, 0) is 59.2 Å². The number of nitrogens with zero attached hydrogens (tertiary/aromatic N) is 4. The maximum Gasteiger partial charge on any atom is 0.412 e. The van der Waals surface area contributed by atoms with Gasteiger partial charge in [-0.15, -0.1) is 0 Å². The van der Waals surface area contributed by atoms with Crippen LogP contribution < -0.4 is 10.6 Å². The third-order valence-electron chi connectivity index (χ3n) is 5.61. The fourth-order valence-electron chi connectivity index (χ4n) is 3.78. The average molecular weight is 553 g/mol. The second-order valence-electron chi connectivity index (χ2n) is 10.6. The van der Waals surface area contributed by atoms with Crippen molar-refractivity contribution in [3.8, 4) is 11.3 Å². The molecular weight excluding hydrogens is 523 g/mol. The van der Waals surface area contributed by atoms with Crippen molar-refractivity contribution in [3.05, 3.63) is 71.2 Å². The third kappa shape index (κ3) is 6.76. The smallest absolute Gasteiger partial charge is 0.412 e. The quantitative estimate of drug-likeness (QED) is 0.244. The highest BCUT2D eigenvalue weighted by Gasteiger charge is 2.22. The zero-order valence-electron chi connectivity index (χ0n) is 22.5. The van der Waals surface area contributed by atoms with E-state index in [1.807, 2.05) is 25.1 Å². The van der Waals surface area contributed by atoms with E-state index in [0.29, 0.717) is 33.0 Å². The van der Waals surface area contributed by atoms with E-state index in [9.17, 15) is 9.90 Å². The van der Waals surface area contributed by atoms with Crippen LogP contribution in [0.5, 0.6) is 0 Å². The van der Waals surface area contributed by atoms with Crippen molar-refractivity contribution in [3.63, 3.8) is 0 Å². The van der Waals surface area contributed by atoms with Crippen LogP contribution in [0.3, 0.4) is 0 Å². The number of carbonyl (C=O) groups is 1. The number of ether oxygens (including phenoxy) is 1. The lowest BCUT2D eigenvalue weighted by atomic mass is 10.1. The molecule has 0 saturated heterocycles. The van der Waals surface area contributed by atoms with Gasteiger partial charge in [0.2, 0.25) is 0 Å². The number of hydrogen-bond donors (Lipinski definition) is 3. The molecule has 0 bridgehead atoms. The van der Waals surface area contributed by atoms with Crippen LogP contribution >= 0.6 is 11.6 Å². The van der Waals surface area contributed by atoms with Gasteiger partial charge in [0.25, 0.3) is 0 Å². The molecule has 4 aromatic rings. The number of pyridine rings is 2. The van der Waals surface area contributed by atoms with Gasteiger partial charge in [0.15, 0.2) is 11.6 Å². The van der Waals surface area contributed by atoms with Crippen molar-refractivity contribution < 1.29 is 19.0 Å². The zero-order chi connectivity index (χ0) is 28.5. The van der Waals surface area contributed by atoms with E-state index >= 15 is 4.39 Å². The Morgan fingerprint density at radius 1 is 1.08 bits per heavy atom. The van der Waals surface area contributed by atoms with Crippen LogP contribution in [0.1, 0.15) is 59.0 Å². The number of carbonyl (C=O) groups excluding carboxylic acids is 1. The van der Waals surface area contributed by atoms with E-state index in [-0.39, 0.29) is 17.6 Å². The van der Waals surface area contributed by atoms with Crippen molar-refractivity contribution in [2.45, 2.75) is 58.8 Å². The highest BCUT2D eigenvalue weighted by atomic mass is 35.5. The molecule has 0 spiro atoms. The number of anilines is 2. The van der Waals surface area contributed by atoms with Gasteiger partial charge in [-0.1, -0.05) is 23.7 Å². The van der Waals surface area contributed by atoms with Crippen LogP contribution in [0.2, 0.25) is 5.02 Å². The summed E-state index contributed by atoms with van der Waals surface area (Å²) in [5.41, 5.74) is 1.05. The Kier molecular flexibility index (Phi) is 7.72. The highest BCUT2D eigenvalue weighted by Crippen LogP contribution is 2.34. The van der Waals surface area contributed by atoms with Crippen LogP contribution in [-0.4, -0.2) is 36.7 Å². The van der Waals surface area contributed by atoms with Crippen molar-refractivity contribution in [2.75, 3.05) is 10.6 Å². The normalized spacial score (nSPS) is 12.7. The lowest BCUT2D eigenvalue weighted by Gasteiger charge is -2.21. The van der Waals surface area contributed by atoms with Crippen molar-refractivity contribution in [1.29, 1.82) is 0 Å². The Morgan fingerprint density at radius 3 is 2.41 bits per heavy atom. The number of aromatic nitrogens is 4. The first-order valence-corrected chi connectivity index (χ1v) is 12.7. The van der Waals surface area contributed by atoms with Crippen molar-refractivity contribution in [2.24, 2.45) is 0 Å². The molecule has 0 saturated carbocycles. The van der Waals surface area contributed by atoms with Gasteiger partial charge in [0.05, 0.1) is 16.2 Å². The minimum Gasteiger partial charge on any atom is -0.444 e. The van der Waals surface area contributed by atoms with Crippen molar-refractivity contribution >= 4 is 40.1 Å². The maximum atomic E-state index is 15.0. The number of benzene rings is 1. The molecule has 0 aliphatic rings. The standard InChI is InChI=1S/C28H30ClFN6O3/c1-15(16-8-7-9-18(10-16)35-26(37)39-27(2,3)4)34-23-19(29)14-31-21-11-20(30)22(36-24(21)23)17-12-32-25(33-13-17)28(5,6)38/h7-15,38H,1-6H3,(H,31,34)(H,35,37). The summed E-state index contributed by atoms with van der Waals surface area (Å²) in [4.78, 5) is 29.3. The SMILES string of the molecule is CC(Nc1c(Cl)cnc2cc(F)c(-c3cnc(C(C)(C)O)nc3)nc12)c1cccc(NC(=O)OC(C)(C)C)c1. The topological polar surface area (TPSA) is 122 Å². The van der Waals surface area contributed by atoms with Gasteiger partial charge in [0, 0.05) is 41.9 Å². The molecule has 0 radical (unpaired) electrons. The Morgan fingerprint density at radius 2 is 1.77 bits per heavy atom. The largest absolute Gasteiger partial charge is 0.444 e. The minimum absolute atomic E-state index is 0.0214. The molecule has 1 atom stereocenters. The highest BCUT2D eigenvalue weighted by molar-refractivity contribution is 6.34. The first kappa shape index (κ1) is 28.1. The van der Waals surface area contributed by atoms with E-state index in [1.54, 1.807) is 40.7 Å². The van der Waals surface area contributed by atoms with Crippen LogP contribution in [0, 0.1) is 5.82 Å². The fourth-order valence-corrected chi connectivity index (χ4v) is 3.97. The summed E-state index contributed by atoms with van der Waals surface area (Å²) in [5.74, 6) is -0.395. The molecule has 0 fully saturated rings. The molecule has 4 rings (SSSR count). The van der Waals surface area contributed by atoms with Crippen LogP contribution in [0.15, 0.2) is 48.9 Å². The van der Waals surface area contributed by atoms with Gasteiger partial charge in [-0.2, -0.15) is 0 Å². The molecular formula is C28H30ClFN6O3. The molecule has 204 valence electrons. The second-order valence-corrected chi connectivity index (χ2v) is 11.0. The number of halogens is 2. The minimum atomic E-state index is -1.24. The first-order chi connectivity index (χ1) is 18.2. The third-order valence-corrected chi connectivity index (χ3v) is 5.90. The lowest BCUT2D eigenvalue weighted by molar-refractivity contribution is 0.0635. The molecule has 3 aromatic heterocycles. The molecule has 0 aliphatic heterocycles. The predicted octanol–water partition coefficient (Wildman–Crippen LogP) is 6.63. The summed E-state index contributed by atoms with van der Waals surface area (Å²) >= 11 is 6.52. The van der Waals surface area contributed by atoms with E-state index in [4.69, 9.17) is 16.3 Å². The number of hydrogen-bond acceptors (Lipinski definition) is 8. The Bertz CT molecular complexity index is 1520. The van der Waals surface area contributed by atoms with Crippen LogP contribution in [0.25, 0.3) is 22.3 Å². The molecule has 3 N–H and O–H groups in total. The van der Waals surface area contributed by atoms with E-state index in [2.05, 4.69) is 30.6 Å². The molecule has 0 aliphatic carbocycles. The Hall–Kier alpha value is -3.89. The summed E-state index contributed by atoms with van der Waals surface area (Å²) in [5, 5.41) is 16.5. The van der Waals surface area contributed by atoms with Gasteiger partial charge in [-0.25, -0.2) is 24.1 Å².